The van der Waals surface area contributed by atoms with Crippen molar-refractivity contribution in [3.05, 3.63) is 53.6 Å². The van der Waals surface area contributed by atoms with Gasteiger partial charge in [-0.25, -0.2) is 0 Å². The first kappa shape index (κ1) is 12.3. The minimum Gasteiger partial charge on any atom is -0.397 e. The zero-order valence-electron chi connectivity index (χ0n) is 10.9. The molecule has 2 rings (SSSR count). The van der Waals surface area contributed by atoms with Gasteiger partial charge in [0.15, 0.2) is 0 Å². The van der Waals surface area contributed by atoms with Gasteiger partial charge in [0, 0.05) is 19.3 Å². The van der Waals surface area contributed by atoms with E-state index in [0.29, 0.717) is 11.4 Å². The Morgan fingerprint density at radius 1 is 0.944 bits per heavy atom. The van der Waals surface area contributed by atoms with Gasteiger partial charge in [-0.05, 0) is 36.8 Å². The molecule has 18 heavy (non-hydrogen) atoms. The highest BCUT2D eigenvalue weighted by atomic mass is 15.1. The van der Waals surface area contributed by atoms with Gasteiger partial charge in [-0.3, -0.25) is 0 Å². The first-order valence-electron chi connectivity index (χ1n) is 5.98. The molecule has 2 aromatic rings. The molecular formula is C15H19N3. The highest BCUT2D eigenvalue weighted by Gasteiger charge is 2.03. The number of benzene rings is 2. The Labute approximate surface area is 108 Å². The van der Waals surface area contributed by atoms with Crippen molar-refractivity contribution in [3.8, 4) is 0 Å². The molecule has 0 saturated heterocycles. The molecule has 0 bridgehead atoms. The van der Waals surface area contributed by atoms with Crippen LogP contribution in [0.4, 0.5) is 17.1 Å². The van der Waals surface area contributed by atoms with Gasteiger partial charge < -0.3 is 16.4 Å². The Morgan fingerprint density at radius 2 is 1.61 bits per heavy atom. The number of hydrogen-bond donors (Lipinski definition) is 2. The van der Waals surface area contributed by atoms with E-state index in [1.807, 2.05) is 18.2 Å². The van der Waals surface area contributed by atoms with Crippen LogP contribution in [0.25, 0.3) is 0 Å². The summed E-state index contributed by atoms with van der Waals surface area (Å²) in [5.41, 5.74) is 16.4. The largest absolute Gasteiger partial charge is 0.397 e. The predicted octanol–water partition coefficient (Wildman–Crippen LogP) is 2.80. The van der Waals surface area contributed by atoms with Crippen LogP contribution < -0.4 is 16.4 Å². The third-order valence-electron chi connectivity index (χ3n) is 3.05. The Kier molecular flexibility index (Phi) is 3.42. The van der Waals surface area contributed by atoms with Crippen LogP contribution in [0.1, 0.15) is 11.1 Å². The van der Waals surface area contributed by atoms with E-state index in [2.05, 4.69) is 43.1 Å². The Hall–Kier alpha value is -2.16. The first-order chi connectivity index (χ1) is 8.56. The molecular weight excluding hydrogens is 222 g/mol. The fraction of sp³-hybridized carbons (Fsp3) is 0.200. The standard InChI is InChI=1S/C15H19N3/c1-11-3-6-13(7-4-11)18(2)10-12-5-8-14(16)15(17)9-12/h3-9H,10,16-17H2,1-2H3. The summed E-state index contributed by atoms with van der Waals surface area (Å²) in [6.07, 6.45) is 0. The molecule has 94 valence electrons. The number of aryl methyl sites for hydroxylation is 1. The van der Waals surface area contributed by atoms with Crippen LogP contribution in [0.15, 0.2) is 42.5 Å². The summed E-state index contributed by atoms with van der Waals surface area (Å²) in [7, 11) is 2.07. The summed E-state index contributed by atoms with van der Waals surface area (Å²) < 4.78 is 0. The molecule has 0 unspecified atom stereocenters. The highest BCUT2D eigenvalue weighted by Crippen LogP contribution is 2.20. The molecule has 0 aliphatic carbocycles. The topological polar surface area (TPSA) is 55.3 Å². The lowest BCUT2D eigenvalue weighted by molar-refractivity contribution is 0.923. The molecule has 0 aliphatic heterocycles. The van der Waals surface area contributed by atoms with Crippen molar-refractivity contribution in [2.24, 2.45) is 0 Å². The molecule has 3 nitrogen and oxygen atoms in total. The number of nitrogens with two attached hydrogens (primary N) is 2. The molecule has 4 N–H and O–H groups in total. The monoisotopic (exact) mass is 241 g/mol. The average Bonchev–Trinajstić information content (AvgIpc) is 2.34. The molecule has 0 heterocycles. The normalized spacial score (nSPS) is 10.3. The maximum absolute atomic E-state index is 5.81. The van der Waals surface area contributed by atoms with Gasteiger partial charge in [0.2, 0.25) is 0 Å². The SMILES string of the molecule is Cc1ccc(N(C)Cc2ccc(N)c(N)c2)cc1. The molecule has 0 spiro atoms. The van der Waals surface area contributed by atoms with Crippen LogP contribution in [-0.4, -0.2) is 7.05 Å². The van der Waals surface area contributed by atoms with Crippen molar-refractivity contribution in [2.45, 2.75) is 13.5 Å². The second kappa shape index (κ2) is 5.00. The van der Waals surface area contributed by atoms with E-state index in [4.69, 9.17) is 11.5 Å². The molecule has 0 aromatic heterocycles. The van der Waals surface area contributed by atoms with Crippen LogP contribution in [0.5, 0.6) is 0 Å². The van der Waals surface area contributed by atoms with Gasteiger partial charge >= 0.3 is 0 Å². The summed E-state index contributed by atoms with van der Waals surface area (Å²) >= 11 is 0. The fourth-order valence-electron chi connectivity index (χ4n) is 1.89. The maximum atomic E-state index is 5.81. The van der Waals surface area contributed by atoms with Gasteiger partial charge in [-0.15, -0.1) is 0 Å². The summed E-state index contributed by atoms with van der Waals surface area (Å²) in [6.45, 7) is 2.90. The smallest absolute Gasteiger partial charge is 0.0551 e. The zero-order chi connectivity index (χ0) is 13.1. The Balaban J connectivity index is 2.13. The number of rotatable bonds is 3. The van der Waals surface area contributed by atoms with E-state index in [0.717, 1.165) is 12.1 Å². The van der Waals surface area contributed by atoms with E-state index in [-0.39, 0.29) is 0 Å². The summed E-state index contributed by atoms with van der Waals surface area (Å²) in [6, 6.07) is 14.3. The summed E-state index contributed by atoms with van der Waals surface area (Å²) in [5.74, 6) is 0. The molecule has 0 amide bonds. The van der Waals surface area contributed by atoms with Crippen molar-refractivity contribution >= 4 is 17.1 Å². The third kappa shape index (κ3) is 2.74. The second-order valence-corrected chi connectivity index (χ2v) is 4.65. The highest BCUT2D eigenvalue weighted by molar-refractivity contribution is 5.64. The van der Waals surface area contributed by atoms with Crippen LogP contribution >= 0.6 is 0 Å². The summed E-state index contributed by atoms with van der Waals surface area (Å²) in [5, 5.41) is 0. The van der Waals surface area contributed by atoms with Crippen molar-refractivity contribution in [1.29, 1.82) is 0 Å². The van der Waals surface area contributed by atoms with Gasteiger partial charge in [-0.1, -0.05) is 23.8 Å². The lowest BCUT2D eigenvalue weighted by atomic mass is 10.1. The van der Waals surface area contributed by atoms with Crippen LogP contribution in [-0.2, 0) is 6.54 Å². The molecule has 0 radical (unpaired) electrons. The minimum atomic E-state index is 0.636. The number of hydrogen-bond acceptors (Lipinski definition) is 3. The van der Waals surface area contributed by atoms with Gasteiger partial charge in [0.1, 0.15) is 0 Å². The third-order valence-corrected chi connectivity index (χ3v) is 3.05. The van der Waals surface area contributed by atoms with Gasteiger partial charge in [-0.2, -0.15) is 0 Å². The molecule has 0 saturated carbocycles. The Bertz CT molecular complexity index is 532. The second-order valence-electron chi connectivity index (χ2n) is 4.65. The van der Waals surface area contributed by atoms with E-state index in [9.17, 15) is 0 Å². The lowest BCUT2D eigenvalue weighted by Gasteiger charge is -2.20. The van der Waals surface area contributed by atoms with E-state index in [1.54, 1.807) is 0 Å². The predicted molar refractivity (Wildman–Crippen MR) is 78.6 cm³/mol. The molecule has 2 aromatic carbocycles. The minimum absolute atomic E-state index is 0.636. The average molecular weight is 241 g/mol. The van der Waals surface area contributed by atoms with Crippen LogP contribution in [0.2, 0.25) is 0 Å². The van der Waals surface area contributed by atoms with E-state index in [1.165, 1.54) is 11.3 Å². The molecule has 0 aliphatic rings. The van der Waals surface area contributed by atoms with Crippen molar-refractivity contribution in [3.63, 3.8) is 0 Å². The fourth-order valence-corrected chi connectivity index (χ4v) is 1.89. The van der Waals surface area contributed by atoms with Crippen LogP contribution in [0, 0.1) is 6.92 Å². The van der Waals surface area contributed by atoms with Crippen LogP contribution in [0.3, 0.4) is 0 Å². The number of anilines is 3. The van der Waals surface area contributed by atoms with E-state index < -0.39 is 0 Å². The molecule has 0 fully saturated rings. The van der Waals surface area contributed by atoms with Crippen molar-refractivity contribution < 1.29 is 0 Å². The first-order valence-corrected chi connectivity index (χ1v) is 5.98. The quantitative estimate of drug-likeness (QED) is 0.812. The van der Waals surface area contributed by atoms with Crippen molar-refractivity contribution in [1.82, 2.24) is 0 Å². The maximum Gasteiger partial charge on any atom is 0.0551 e. The van der Waals surface area contributed by atoms with Gasteiger partial charge in [0.05, 0.1) is 11.4 Å². The Morgan fingerprint density at radius 3 is 2.22 bits per heavy atom. The summed E-state index contributed by atoms with van der Waals surface area (Å²) in [4.78, 5) is 2.18. The number of nitrogens with zero attached hydrogens (tertiary/aromatic N) is 1. The molecule has 0 atom stereocenters. The van der Waals surface area contributed by atoms with Crippen molar-refractivity contribution in [2.75, 3.05) is 23.4 Å². The number of nitrogen functional groups attached to an aromatic ring is 2. The molecule has 3 heteroatoms. The zero-order valence-corrected chi connectivity index (χ0v) is 10.9. The lowest BCUT2D eigenvalue weighted by Crippen LogP contribution is -2.16. The van der Waals surface area contributed by atoms with E-state index >= 15 is 0 Å². The van der Waals surface area contributed by atoms with Gasteiger partial charge in [0.25, 0.3) is 0 Å².